The second kappa shape index (κ2) is 6.12. The summed E-state index contributed by atoms with van der Waals surface area (Å²) in [7, 11) is 0. The Balaban J connectivity index is 2.80. The summed E-state index contributed by atoms with van der Waals surface area (Å²) in [6.07, 6.45) is 3.10. The number of pyridine rings is 1. The van der Waals surface area contributed by atoms with Crippen LogP contribution in [0.2, 0.25) is 0 Å². The maximum Gasteiger partial charge on any atom is 0.233 e. The number of halogens is 1. The van der Waals surface area contributed by atoms with Crippen molar-refractivity contribution >= 4 is 27.7 Å². The van der Waals surface area contributed by atoms with Gasteiger partial charge in [0.2, 0.25) is 5.91 Å². The molecule has 1 rings (SSSR count). The molecule has 0 saturated heterocycles. The van der Waals surface area contributed by atoms with Gasteiger partial charge in [-0.05, 0) is 40.9 Å². The molecule has 0 spiro atoms. The Kier molecular flexibility index (Phi) is 5.08. The summed E-state index contributed by atoms with van der Waals surface area (Å²) in [6.45, 7) is 4.30. The highest BCUT2D eigenvalue weighted by Gasteiger charge is 2.33. The van der Waals surface area contributed by atoms with E-state index in [4.69, 9.17) is 5.73 Å². The number of nitrogens with zero attached hydrogens (tertiary/aromatic N) is 1. The SMILES string of the molecule is CCC(CC)(CN)C(=O)Nc1ccc(Br)cn1. The first kappa shape index (κ1) is 14.1. The van der Waals surface area contributed by atoms with E-state index in [1.165, 1.54) is 0 Å². The molecular weight excluding hydrogens is 282 g/mol. The van der Waals surface area contributed by atoms with E-state index in [-0.39, 0.29) is 5.91 Å². The maximum atomic E-state index is 12.2. The Morgan fingerprint density at radius 3 is 2.53 bits per heavy atom. The molecular formula is C12H18BrN3O. The average molecular weight is 300 g/mol. The Morgan fingerprint density at radius 2 is 2.12 bits per heavy atom. The highest BCUT2D eigenvalue weighted by Crippen LogP contribution is 2.26. The summed E-state index contributed by atoms with van der Waals surface area (Å²) in [5.74, 6) is 0.498. The number of rotatable bonds is 5. The van der Waals surface area contributed by atoms with Gasteiger partial charge >= 0.3 is 0 Å². The first-order chi connectivity index (χ1) is 8.07. The number of carbonyl (C=O) groups excluding carboxylic acids is 1. The van der Waals surface area contributed by atoms with Crippen molar-refractivity contribution < 1.29 is 4.79 Å². The molecule has 0 fully saturated rings. The van der Waals surface area contributed by atoms with E-state index in [1.54, 1.807) is 12.3 Å². The van der Waals surface area contributed by atoms with Crippen LogP contribution < -0.4 is 11.1 Å². The van der Waals surface area contributed by atoms with Crippen molar-refractivity contribution in [2.75, 3.05) is 11.9 Å². The second-order valence-corrected chi connectivity index (χ2v) is 4.92. The third-order valence-corrected chi connectivity index (χ3v) is 3.66. The molecule has 1 aromatic heterocycles. The summed E-state index contributed by atoms with van der Waals surface area (Å²) in [5, 5.41) is 2.81. The molecule has 0 saturated carbocycles. The Hall–Kier alpha value is -0.940. The van der Waals surface area contributed by atoms with Crippen molar-refractivity contribution in [3.63, 3.8) is 0 Å². The van der Waals surface area contributed by atoms with E-state index >= 15 is 0 Å². The zero-order valence-electron chi connectivity index (χ0n) is 10.2. The number of nitrogens with one attached hydrogen (secondary N) is 1. The van der Waals surface area contributed by atoms with Crippen LogP contribution in [0.3, 0.4) is 0 Å². The molecule has 1 aromatic rings. The quantitative estimate of drug-likeness (QED) is 0.878. The van der Waals surface area contributed by atoms with Gasteiger partial charge in [0, 0.05) is 17.2 Å². The highest BCUT2D eigenvalue weighted by molar-refractivity contribution is 9.10. The first-order valence-electron chi connectivity index (χ1n) is 5.71. The third-order valence-electron chi connectivity index (χ3n) is 3.19. The van der Waals surface area contributed by atoms with Crippen LogP contribution in [-0.4, -0.2) is 17.4 Å². The fourth-order valence-corrected chi connectivity index (χ4v) is 1.89. The molecule has 0 bridgehead atoms. The minimum atomic E-state index is -0.491. The zero-order chi connectivity index (χ0) is 12.9. The van der Waals surface area contributed by atoms with E-state index in [1.807, 2.05) is 19.9 Å². The van der Waals surface area contributed by atoms with Crippen LogP contribution in [0.1, 0.15) is 26.7 Å². The lowest BCUT2D eigenvalue weighted by Crippen LogP contribution is -2.41. The summed E-state index contributed by atoms with van der Waals surface area (Å²) >= 11 is 3.30. The summed E-state index contributed by atoms with van der Waals surface area (Å²) in [5.41, 5.74) is 5.23. The van der Waals surface area contributed by atoms with Crippen molar-refractivity contribution in [2.45, 2.75) is 26.7 Å². The normalized spacial score (nSPS) is 11.3. The van der Waals surface area contributed by atoms with Gasteiger partial charge in [-0.1, -0.05) is 13.8 Å². The smallest absolute Gasteiger partial charge is 0.233 e. The molecule has 0 aliphatic carbocycles. The Morgan fingerprint density at radius 1 is 1.47 bits per heavy atom. The zero-order valence-corrected chi connectivity index (χ0v) is 11.8. The number of anilines is 1. The van der Waals surface area contributed by atoms with Crippen molar-refractivity contribution in [1.82, 2.24) is 4.98 Å². The van der Waals surface area contributed by atoms with Gasteiger partial charge in [0.15, 0.2) is 0 Å². The van der Waals surface area contributed by atoms with Crippen LogP contribution in [0, 0.1) is 5.41 Å². The molecule has 0 aromatic carbocycles. The van der Waals surface area contributed by atoms with Gasteiger partial charge < -0.3 is 11.1 Å². The molecule has 1 amide bonds. The number of nitrogens with two attached hydrogens (primary N) is 1. The number of aromatic nitrogens is 1. The van der Waals surface area contributed by atoms with Crippen LogP contribution >= 0.6 is 15.9 Å². The Labute approximate surface area is 110 Å². The van der Waals surface area contributed by atoms with E-state index < -0.39 is 5.41 Å². The Bertz CT molecular complexity index is 366. The van der Waals surface area contributed by atoms with Crippen LogP contribution in [0.4, 0.5) is 5.82 Å². The van der Waals surface area contributed by atoms with Gasteiger partial charge in [-0.2, -0.15) is 0 Å². The van der Waals surface area contributed by atoms with Gasteiger partial charge in [0.25, 0.3) is 0 Å². The number of hydrogen-bond acceptors (Lipinski definition) is 3. The number of hydrogen-bond donors (Lipinski definition) is 2. The largest absolute Gasteiger partial charge is 0.329 e. The van der Waals surface area contributed by atoms with Crippen molar-refractivity contribution in [1.29, 1.82) is 0 Å². The van der Waals surface area contributed by atoms with Gasteiger partial charge in [-0.25, -0.2) is 4.98 Å². The minimum absolute atomic E-state index is 0.0557. The molecule has 0 atom stereocenters. The second-order valence-electron chi connectivity index (χ2n) is 4.01. The standard InChI is InChI=1S/C12H18BrN3O/c1-3-12(4-2,8-14)11(17)16-10-6-5-9(13)7-15-10/h5-7H,3-4,8,14H2,1-2H3,(H,15,16,17). The fraction of sp³-hybridized carbons (Fsp3) is 0.500. The maximum absolute atomic E-state index is 12.2. The average Bonchev–Trinajstić information content (AvgIpc) is 2.35. The van der Waals surface area contributed by atoms with Crippen LogP contribution in [0.15, 0.2) is 22.8 Å². The molecule has 0 radical (unpaired) electrons. The van der Waals surface area contributed by atoms with Crippen LogP contribution in [0.25, 0.3) is 0 Å². The molecule has 94 valence electrons. The van der Waals surface area contributed by atoms with Crippen molar-refractivity contribution in [3.05, 3.63) is 22.8 Å². The molecule has 1 heterocycles. The lowest BCUT2D eigenvalue weighted by molar-refractivity contribution is -0.125. The van der Waals surface area contributed by atoms with Crippen LogP contribution in [0.5, 0.6) is 0 Å². The first-order valence-corrected chi connectivity index (χ1v) is 6.50. The predicted octanol–water partition coefficient (Wildman–Crippen LogP) is 2.55. The summed E-state index contributed by atoms with van der Waals surface area (Å²) < 4.78 is 0.881. The highest BCUT2D eigenvalue weighted by atomic mass is 79.9. The molecule has 0 aliphatic heterocycles. The molecule has 5 heteroatoms. The van der Waals surface area contributed by atoms with E-state index in [2.05, 4.69) is 26.2 Å². The summed E-state index contributed by atoms with van der Waals surface area (Å²) in [4.78, 5) is 16.3. The van der Waals surface area contributed by atoms with Crippen LogP contribution in [-0.2, 0) is 4.79 Å². The van der Waals surface area contributed by atoms with Gasteiger partial charge in [0.1, 0.15) is 5.82 Å². The lowest BCUT2D eigenvalue weighted by atomic mass is 9.81. The van der Waals surface area contributed by atoms with Crippen molar-refractivity contribution in [3.8, 4) is 0 Å². The van der Waals surface area contributed by atoms with Gasteiger partial charge in [-0.15, -0.1) is 0 Å². The fourth-order valence-electron chi connectivity index (χ4n) is 1.65. The molecule has 0 unspecified atom stereocenters. The lowest BCUT2D eigenvalue weighted by Gasteiger charge is -2.28. The van der Waals surface area contributed by atoms with E-state index in [0.29, 0.717) is 12.4 Å². The third kappa shape index (κ3) is 3.26. The van der Waals surface area contributed by atoms with Gasteiger partial charge in [-0.3, -0.25) is 4.79 Å². The molecule has 0 aliphatic rings. The minimum Gasteiger partial charge on any atom is -0.329 e. The van der Waals surface area contributed by atoms with Gasteiger partial charge in [0.05, 0.1) is 5.41 Å². The van der Waals surface area contributed by atoms with E-state index in [0.717, 1.165) is 17.3 Å². The van der Waals surface area contributed by atoms with Crippen molar-refractivity contribution in [2.24, 2.45) is 11.1 Å². The topological polar surface area (TPSA) is 68.0 Å². The molecule has 17 heavy (non-hydrogen) atoms. The predicted molar refractivity (Wildman–Crippen MR) is 72.6 cm³/mol. The number of amides is 1. The molecule has 3 N–H and O–H groups in total. The summed E-state index contributed by atoms with van der Waals surface area (Å²) in [6, 6.07) is 3.60. The monoisotopic (exact) mass is 299 g/mol. The van der Waals surface area contributed by atoms with E-state index in [9.17, 15) is 4.79 Å². The number of carbonyl (C=O) groups is 1. The molecule has 4 nitrogen and oxygen atoms in total.